The summed E-state index contributed by atoms with van der Waals surface area (Å²) in [6.07, 6.45) is 2.10. The molecule has 0 bridgehead atoms. The van der Waals surface area contributed by atoms with E-state index in [1.807, 2.05) is 37.3 Å². The molecule has 0 aliphatic carbocycles. The van der Waals surface area contributed by atoms with Gasteiger partial charge in [0.2, 0.25) is 11.8 Å². The Morgan fingerprint density at radius 3 is 2.76 bits per heavy atom. The molecule has 21 heavy (non-hydrogen) atoms. The number of pyridine rings is 1. The maximum Gasteiger partial charge on any atom is 0.241 e. The number of amides is 1. The van der Waals surface area contributed by atoms with Gasteiger partial charge in [-0.1, -0.05) is 30.3 Å². The fourth-order valence-electron chi connectivity index (χ4n) is 1.92. The molecule has 5 nitrogen and oxygen atoms in total. The second kappa shape index (κ2) is 7.40. The Kier molecular flexibility index (Phi) is 5.29. The summed E-state index contributed by atoms with van der Waals surface area (Å²) in [5.41, 5.74) is 7.51. The second-order valence-electron chi connectivity index (χ2n) is 4.57. The average molecular weight is 285 g/mol. The predicted octanol–water partition coefficient (Wildman–Crippen LogP) is 1.99. The zero-order valence-corrected chi connectivity index (χ0v) is 12.0. The topological polar surface area (TPSA) is 77.2 Å². The molecule has 0 saturated heterocycles. The first-order chi connectivity index (χ1) is 10.2. The number of carbonyl (C=O) groups is 1. The van der Waals surface area contributed by atoms with Crippen molar-refractivity contribution in [2.45, 2.75) is 19.4 Å². The number of nitrogens with zero attached hydrogens (tertiary/aromatic N) is 1. The molecule has 5 heteroatoms. The van der Waals surface area contributed by atoms with Gasteiger partial charge in [0.05, 0.1) is 12.6 Å². The molecule has 1 amide bonds. The Bertz CT molecular complexity index is 587. The molecule has 0 unspecified atom stereocenters. The van der Waals surface area contributed by atoms with Gasteiger partial charge in [0, 0.05) is 6.20 Å². The summed E-state index contributed by atoms with van der Waals surface area (Å²) >= 11 is 0. The normalized spacial score (nSPS) is 11.7. The van der Waals surface area contributed by atoms with Gasteiger partial charge in [-0.05, 0) is 31.0 Å². The highest BCUT2D eigenvalue weighted by Crippen LogP contribution is 2.20. The molecular weight excluding hydrogens is 266 g/mol. The predicted molar refractivity (Wildman–Crippen MR) is 82.2 cm³/mol. The number of aromatic nitrogens is 1. The first-order valence-electron chi connectivity index (χ1n) is 6.89. The van der Waals surface area contributed by atoms with E-state index in [0.717, 1.165) is 5.56 Å². The van der Waals surface area contributed by atoms with Gasteiger partial charge < -0.3 is 15.8 Å². The Morgan fingerprint density at radius 2 is 2.05 bits per heavy atom. The van der Waals surface area contributed by atoms with Crippen molar-refractivity contribution < 1.29 is 9.53 Å². The molecule has 2 aromatic rings. The van der Waals surface area contributed by atoms with Crippen LogP contribution in [0.15, 0.2) is 48.7 Å². The van der Waals surface area contributed by atoms with Gasteiger partial charge in [0.1, 0.15) is 5.69 Å². The highest BCUT2D eigenvalue weighted by Gasteiger charge is 2.16. The number of carbonyl (C=O) groups excluding carboxylic acids is 1. The van der Waals surface area contributed by atoms with Crippen LogP contribution in [0.5, 0.6) is 5.88 Å². The maximum atomic E-state index is 12.2. The number of benzene rings is 1. The van der Waals surface area contributed by atoms with Crippen molar-refractivity contribution in [1.82, 2.24) is 4.98 Å². The summed E-state index contributed by atoms with van der Waals surface area (Å²) in [6.45, 7) is 2.34. The monoisotopic (exact) mass is 285 g/mol. The van der Waals surface area contributed by atoms with Crippen molar-refractivity contribution in [3.63, 3.8) is 0 Å². The molecule has 110 valence electrons. The van der Waals surface area contributed by atoms with Crippen molar-refractivity contribution >= 4 is 11.6 Å². The van der Waals surface area contributed by atoms with Crippen LogP contribution in [-0.2, 0) is 11.2 Å². The summed E-state index contributed by atoms with van der Waals surface area (Å²) in [5.74, 6) is 0.146. The largest absolute Gasteiger partial charge is 0.476 e. The van der Waals surface area contributed by atoms with E-state index in [4.69, 9.17) is 10.5 Å². The SMILES string of the molecule is CCOc1ncccc1NC(=O)[C@@H](N)Cc1ccccc1. The van der Waals surface area contributed by atoms with Crippen LogP contribution in [-0.4, -0.2) is 23.5 Å². The van der Waals surface area contributed by atoms with Crippen LogP contribution in [0, 0.1) is 0 Å². The number of hydrogen-bond donors (Lipinski definition) is 2. The van der Waals surface area contributed by atoms with Crippen LogP contribution in [0.4, 0.5) is 5.69 Å². The van der Waals surface area contributed by atoms with Crippen molar-refractivity contribution in [3.8, 4) is 5.88 Å². The number of anilines is 1. The number of nitrogens with two attached hydrogens (primary N) is 1. The Morgan fingerprint density at radius 1 is 1.29 bits per heavy atom. The van der Waals surface area contributed by atoms with E-state index in [2.05, 4.69) is 10.3 Å². The molecule has 3 N–H and O–H groups in total. The Balaban J connectivity index is 2.01. The quantitative estimate of drug-likeness (QED) is 0.851. The standard InChI is InChI=1S/C16H19N3O2/c1-2-21-16-14(9-6-10-18-16)19-15(20)13(17)11-12-7-4-3-5-8-12/h3-10,13H,2,11,17H2,1H3,(H,19,20)/t13-/m0/s1. The maximum absolute atomic E-state index is 12.2. The molecule has 0 saturated carbocycles. The fourth-order valence-corrected chi connectivity index (χ4v) is 1.92. The van der Waals surface area contributed by atoms with Gasteiger partial charge in [0.25, 0.3) is 0 Å². The average Bonchev–Trinajstić information content (AvgIpc) is 2.50. The second-order valence-corrected chi connectivity index (χ2v) is 4.57. The molecule has 1 heterocycles. The lowest BCUT2D eigenvalue weighted by Gasteiger charge is -2.14. The molecule has 0 fully saturated rings. The number of hydrogen-bond acceptors (Lipinski definition) is 4. The lowest BCUT2D eigenvalue weighted by Crippen LogP contribution is -2.37. The number of ether oxygens (including phenoxy) is 1. The van der Waals surface area contributed by atoms with Crippen LogP contribution >= 0.6 is 0 Å². The summed E-state index contributed by atoms with van der Waals surface area (Å²) in [4.78, 5) is 16.2. The minimum absolute atomic E-state index is 0.257. The summed E-state index contributed by atoms with van der Waals surface area (Å²) < 4.78 is 5.37. The van der Waals surface area contributed by atoms with Crippen LogP contribution in [0.25, 0.3) is 0 Å². The third-order valence-corrected chi connectivity index (χ3v) is 2.95. The summed E-state index contributed by atoms with van der Waals surface area (Å²) in [5, 5.41) is 2.76. The van der Waals surface area contributed by atoms with Crippen molar-refractivity contribution in [3.05, 3.63) is 54.2 Å². The van der Waals surface area contributed by atoms with Gasteiger partial charge in [-0.25, -0.2) is 4.98 Å². The lowest BCUT2D eigenvalue weighted by molar-refractivity contribution is -0.117. The summed E-state index contributed by atoms with van der Waals surface area (Å²) in [6, 6.07) is 12.5. The van der Waals surface area contributed by atoms with Gasteiger partial charge in [-0.15, -0.1) is 0 Å². The van der Waals surface area contributed by atoms with Crippen LogP contribution in [0.3, 0.4) is 0 Å². The smallest absolute Gasteiger partial charge is 0.241 e. The van der Waals surface area contributed by atoms with E-state index in [9.17, 15) is 4.79 Å². The molecule has 2 rings (SSSR count). The number of nitrogens with one attached hydrogen (secondary N) is 1. The van der Waals surface area contributed by atoms with E-state index in [1.54, 1.807) is 18.3 Å². The van der Waals surface area contributed by atoms with Crippen LogP contribution < -0.4 is 15.8 Å². The van der Waals surface area contributed by atoms with Crippen LogP contribution in [0.2, 0.25) is 0 Å². The Hall–Kier alpha value is -2.40. The molecule has 0 radical (unpaired) electrons. The minimum atomic E-state index is -0.623. The van der Waals surface area contributed by atoms with Crippen molar-refractivity contribution in [2.24, 2.45) is 5.73 Å². The highest BCUT2D eigenvalue weighted by molar-refractivity contribution is 5.95. The zero-order valence-electron chi connectivity index (χ0n) is 12.0. The van der Waals surface area contributed by atoms with E-state index < -0.39 is 6.04 Å². The van der Waals surface area contributed by atoms with Gasteiger partial charge >= 0.3 is 0 Å². The molecule has 1 atom stereocenters. The Labute approximate surface area is 124 Å². The van der Waals surface area contributed by atoms with Crippen molar-refractivity contribution in [2.75, 3.05) is 11.9 Å². The molecule has 1 aromatic carbocycles. The summed E-state index contributed by atoms with van der Waals surface area (Å²) in [7, 11) is 0. The van der Waals surface area contributed by atoms with E-state index in [-0.39, 0.29) is 5.91 Å². The molecular formula is C16H19N3O2. The minimum Gasteiger partial charge on any atom is -0.476 e. The molecule has 1 aromatic heterocycles. The third-order valence-electron chi connectivity index (χ3n) is 2.95. The van der Waals surface area contributed by atoms with Gasteiger partial charge in [-0.2, -0.15) is 0 Å². The zero-order chi connectivity index (χ0) is 15.1. The molecule has 0 spiro atoms. The molecule has 0 aliphatic heterocycles. The fraction of sp³-hybridized carbons (Fsp3) is 0.250. The molecule has 0 aliphatic rings. The number of rotatable bonds is 6. The van der Waals surface area contributed by atoms with E-state index in [1.165, 1.54) is 0 Å². The third kappa shape index (κ3) is 4.29. The highest BCUT2D eigenvalue weighted by atomic mass is 16.5. The van der Waals surface area contributed by atoms with Gasteiger partial charge in [-0.3, -0.25) is 4.79 Å². The first-order valence-corrected chi connectivity index (χ1v) is 6.89. The lowest BCUT2D eigenvalue weighted by atomic mass is 10.1. The van der Waals surface area contributed by atoms with E-state index in [0.29, 0.717) is 24.6 Å². The van der Waals surface area contributed by atoms with Gasteiger partial charge in [0.15, 0.2) is 0 Å². The van der Waals surface area contributed by atoms with Crippen LogP contribution in [0.1, 0.15) is 12.5 Å². The van der Waals surface area contributed by atoms with E-state index >= 15 is 0 Å². The van der Waals surface area contributed by atoms with Crippen molar-refractivity contribution in [1.29, 1.82) is 0 Å². The first kappa shape index (κ1) is 15.0.